The number of hydrogen-bond acceptors (Lipinski definition) is 8. The average molecular weight is 706 g/mol. The monoisotopic (exact) mass is 704 g/mol. The first-order chi connectivity index (χ1) is 21.3. The summed E-state index contributed by atoms with van der Waals surface area (Å²) >= 11 is 4.93. The van der Waals surface area contributed by atoms with Crippen molar-refractivity contribution in [2.24, 2.45) is 0 Å². The van der Waals surface area contributed by atoms with Crippen LogP contribution in [0.2, 0.25) is 0 Å². The Morgan fingerprint density at radius 2 is 1.76 bits per heavy atom. The number of aryl methyl sites for hydroxylation is 1. The maximum Gasteiger partial charge on any atom is 0.333 e. The highest BCUT2D eigenvalue weighted by Gasteiger charge is 2.39. The number of halogens is 1. The Bertz CT molecular complexity index is 1620. The zero-order chi connectivity index (χ0) is 32.5. The lowest BCUT2D eigenvalue weighted by Crippen LogP contribution is -2.54. The van der Waals surface area contributed by atoms with Crippen LogP contribution >= 0.6 is 27.3 Å². The molecule has 0 bridgehead atoms. The van der Waals surface area contributed by atoms with Crippen molar-refractivity contribution in [2.45, 2.75) is 129 Å². The van der Waals surface area contributed by atoms with Gasteiger partial charge >= 0.3 is 11.7 Å². The van der Waals surface area contributed by atoms with Crippen molar-refractivity contribution in [3.05, 3.63) is 66.1 Å². The molecule has 1 aliphatic heterocycles. The maximum atomic E-state index is 14.4. The molecule has 1 aromatic carbocycles. The molecule has 4 atom stereocenters. The predicted octanol–water partition coefficient (Wildman–Crippen LogP) is 6.98. The van der Waals surface area contributed by atoms with Crippen LogP contribution in [0.3, 0.4) is 0 Å². The first-order valence-corrected chi connectivity index (χ1v) is 17.5. The van der Waals surface area contributed by atoms with Crippen molar-refractivity contribution < 1.29 is 23.7 Å². The molecule has 2 aromatic heterocycles. The Kier molecular flexibility index (Phi) is 10.4. The van der Waals surface area contributed by atoms with Gasteiger partial charge < -0.3 is 18.9 Å². The standard InChI is InChI=1S/C34H45BrN2O7S/c1-21-27-29(38)37(34(5,6)31(39)44-33(2,3)4)32(40)36(30(27)45-28(21)35)20-25(22-13-8-7-9-14-22)42-23-15-12-16-24(19-23)43-26-17-10-11-18-41-26/h7-9,13-14,23-26H,10-12,15-20H2,1-6H3/t23?,24?,25-,26?/m0/s1. The summed E-state index contributed by atoms with van der Waals surface area (Å²) in [6.07, 6.45) is 5.98. The molecule has 246 valence electrons. The third-order valence-corrected chi connectivity index (χ3v) is 10.7. The van der Waals surface area contributed by atoms with Crippen molar-refractivity contribution in [1.82, 2.24) is 9.13 Å². The van der Waals surface area contributed by atoms with Gasteiger partial charge in [-0.1, -0.05) is 30.3 Å². The second-order valence-electron chi connectivity index (χ2n) is 13.7. The first-order valence-electron chi connectivity index (χ1n) is 15.9. The lowest BCUT2D eigenvalue weighted by Gasteiger charge is -2.35. The lowest BCUT2D eigenvalue weighted by atomic mass is 9.94. The van der Waals surface area contributed by atoms with E-state index >= 15 is 0 Å². The number of rotatable bonds is 9. The van der Waals surface area contributed by atoms with E-state index in [4.69, 9.17) is 18.9 Å². The zero-order valence-electron chi connectivity index (χ0n) is 27.1. The molecule has 1 saturated carbocycles. The van der Waals surface area contributed by atoms with E-state index < -0.39 is 34.5 Å². The largest absolute Gasteiger partial charge is 0.458 e. The minimum Gasteiger partial charge on any atom is -0.458 e. The van der Waals surface area contributed by atoms with Gasteiger partial charge in [0.2, 0.25) is 0 Å². The minimum absolute atomic E-state index is 0.0464. The second kappa shape index (κ2) is 13.8. The van der Waals surface area contributed by atoms with Crippen LogP contribution in [0, 0.1) is 6.92 Å². The number of hydrogen-bond donors (Lipinski definition) is 0. The van der Waals surface area contributed by atoms with Gasteiger partial charge in [-0.05, 0) is 114 Å². The Balaban J connectivity index is 1.53. The zero-order valence-corrected chi connectivity index (χ0v) is 29.5. The molecule has 3 heterocycles. The van der Waals surface area contributed by atoms with Gasteiger partial charge in [0.15, 0.2) is 6.29 Å². The second-order valence-corrected chi connectivity index (χ2v) is 16.0. The number of thiophene rings is 1. The molecular formula is C34H45BrN2O7S. The van der Waals surface area contributed by atoms with Crippen molar-refractivity contribution >= 4 is 43.5 Å². The summed E-state index contributed by atoms with van der Waals surface area (Å²) in [5.41, 5.74) is -1.81. The number of aromatic nitrogens is 2. The van der Waals surface area contributed by atoms with Gasteiger partial charge in [0.05, 0.1) is 27.9 Å². The van der Waals surface area contributed by atoms with Crippen LogP contribution in [0.5, 0.6) is 0 Å². The Morgan fingerprint density at radius 1 is 1.04 bits per heavy atom. The van der Waals surface area contributed by atoms with Crippen molar-refractivity contribution in [3.63, 3.8) is 0 Å². The molecule has 5 rings (SSSR count). The number of esters is 1. The molecule has 3 unspecified atom stereocenters. The van der Waals surface area contributed by atoms with Gasteiger partial charge in [-0.25, -0.2) is 14.2 Å². The third kappa shape index (κ3) is 7.64. The average Bonchev–Trinajstić information content (AvgIpc) is 3.28. The smallest absolute Gasteiger partial charge is 0.333 e. The maximum absolute atomic E-state index is 14.4. The molecule has 2 aliphatic rings. The molecule has 2 fully saturated rings. The SMILES string of the molecule is Cc1c(Br)sc2c1c(=O)n(C(C)(C)C(=O)OC(C)(C)C)c(=O)n2C[C@H](OC1CCCC(OC2CCCCO2)C1)c1ccccc1. The molecule has 0 N–H and O–H groups in total. The molecular weight excluding hydrogens is 660 g/mol. The van der Waals surface area contributed by atoms with Gasteiger partial charge in [-0.3, -0.25) is 9.36 Å². The molecule has 1 saturated heterocycles. The van der Waals surface area contributed by atoms with E-state index in [9.17, 15) is 14.4 Å². The van der Waals surface area contributed by atoms with E-state index in [0.717, 1.165) is 71.0 Å². The van der Waals surface area contributed by atoms with Gasteiger partial charge in [0.1, 0.15) is 22.1 Å². The van der Waals surface area contributed by atoms with Gasteiger partial charge in [0, 0.05) is 6.61 Å². The lowest BCUT2D eigenvalue weighted by molar-refractivity contribution is -0.202. The fourth-order valence-electron chi connectivity index (χ4n) is 6.14. The highest BCUT2D eigenvalue weighted by molar-refractivity contribution is 9.11. The fraction of sp³-hybridized carbons (Fsp3) is 0.618. The van der Waals surface area contributed by atoms with E-state index in [1.54, 1.807) is 39.2 Å². The number of benzene rings is 1. The van der Waals surface area contributed by atoms with Crippen molar-refractivity contribution in [1.29, 1.82) is 0 Å². The molecule has 0 amide bonds. The summed E-state index contributed by atoms with van der Waals surface area (Å²) < 4.78 is 28.1. The minimum atomic E-state index is -1.56. The van der Waals surface area contributed by atoms with E-state index in [0.29, 0.717) is 10.2 Å². The summed E-state index contributed by atoms with van der Waals surface area (Å²) in [6.45, 7) is 11.1. The van der Waals surface area contributed by atoms with Crippen LogP contribution in [0.1, 0.15) is 96.8 Å². The topological polar surface area (TPSA) is 98.0 Å². The number of carbonyl (C=O) groups is 1. The molecule has 3 aromatic rings. The predicted molar refractivity (Wildman–Crippen MR) is 179 cm³/mol. The Labute approximate surface area is 276 Å². The molecule has 11 heteroatoms. The van der Waals surface area contributed by atoms with Gasteiger partial charge in [0.25, 0.3) is 5.56 Å². The van der Waals surface area contributed by atoms with Crippen molar-refractivity contribution in [2.75, 3.05) is 6.61 Å². The Hall–Kier alpha value is -2.31. The molecule has 45 heavy (non-hydrogen) atoms. The Morgan fingerprint density at radius 3 is 2.42 bits per heavy atom. The quantitative estimate of drug-likeness (QED) is 0.222. The van der Waals surface area contributed by atoms with Gasteiger partial charge in [-0.2, -0.15) is 0 Å². The molecule has 1 aliphatic carbocycles. The normalized spacial score (nSPS) is 22.0. The summed E-state index contributed by atoms with van der Waals surface area (Å²) in [6, 6.07) is 9.85. The highest BCUT2D eigenvalue weighted by atomic mass is 79.9. The molecule has 0 spiro atoms. The fourth-order valence-corrected chi connectivity index (χ4v) is 7.83. The van der Waals surface area contributed by atoms with E-state index in [2.05, 4.69) is 15.9 Å². The highest BCUT2D eigenvalue weighted by Crippen LogP contribution is 2.35. The summed E-state index contributed by atoms with van der Waals surface area (Å²) in [5, 5.41) is 0.397. The van der Waals surface area contributed by atoms with Crippen molar-refractivity contribution in [3.8, 4) is 0 Å². The van der Waals surface area contributed by atoms with Crippen LogP contribution in [0.4, 0.5) is 0 Å². The number of carbonyl (C=O) groups excluding carboxylic acids is 1. The molecule has 9 nitrogen and oxygen atoms in total. The van der Waals surface area contributed by atoms with E-state index in [1.165, 1.54) is 11.3 Å². The number of nitrogens with zero attached hydrogens (tertiary/aromatic N) is 2. The summed E-state index contributed by atoms with van der Waals surface area (Å²) in [7, 11) is 0. The third-order valence-electron chi connectivity index (χ3n) is 8.55. The summed E-state index contributed by atoms with van der Waals surface area (Å²) in [4.78, 5) is 42.3. The number of fused-ring (bicyclic) bond motifs is 1. The van der Waals surface area contributed by atoms with Gasteiger partial charge in [-0.15, -0.1) is 11.3 Å². The van der Waals surface area contributed by atoms with Crippen LogP contribution < -0.4 is 11.2 Å². The van der Waals surface area contributed by atoms with Crippen LogP contribution in [0.25, 0.3) is 10.2 Å². The molecule has 0 radical (unpaired) electrons. The summed E-state index contributed by atoms with van der Waals surface area (Å²) in [5.74, 6) is -0.655. The van der Waals surface area contributed by atoms with Crippen LogP contribution in [-0.2, 0) is 35.8 Å². The number of ether oxygens (including phenoxy) is 4. The van der Waals surface area contributed by atoms with Crippen LogP contribution in [0.15, 0.2) is 43.7 Å². The van der Waals surface area contributed by atoms with E-state index in [-0.39, 0.29) is 25.0 Å². The first kappa shape index (κ1) is 34.0. The van der Waals surface area contributed by atoms with Crippen LogP contribution in [-0.4, -0.2) is 45.8 Å². The van der Waals surface area contributed by atoms with E-state index in [1.807, 2.05) is 37.3 Å².